The minimum absolute atomic E-state index is 0.112. The van der Waals surface area contributed by atoms with E-state index in [1.165, 1.54) is 6.20 Å². The number of nitrogens with one attached hydrogen (secondary N) is 2. The first-order valence-corrected chi connectivity index (χ1v) is 6.83. The van der Waals surface area contributed by atoms with Crippen LogP contribution in [0.5, 0.6) is 0 Å². The van der Waals surface area contributed by atoms with E-state index in [-0.39, 0.29) is 17.5 Å². The summed E-state index contributed by atoms with van der Waals surface area (Å²) in [5.74, 6) is -0.293. The summed E-state index contributed by atoms with van der Waals surface area (Å²) in [7, 11) is 0. The molecule has 1 aromatic rings. The highest BCUT2D eigenvalue weighted by Gasteiger charge is 2.19. The Hall–Kier alpha value is -2.35. The number of pyridine rings is 1. The number of carbonyl (C=O) groups is 1. The molecule has 0 saturated heterocycles. The van der Waals surface area contributed by atoms with E-state index in [0.29, 0.717) is 6.54 Å². The molecule has 0 aliphatic heterocycles. The highest BCUT2D eigenvalue weighted by molar-refractivity contribution is 5.97. The number of carbonyl (C=O) groups excluding carboxylic acids is 1. The lowest BCUT2D eigenvalue weighted by atomic mass is 10.2. The second-order valence-corrected chi connectivity index (χ2v) is 4.87. The van der Waals surface area contributed by atoms with Gasteiger partial charge in [-0.2, -0.15) is 5.26 Å². The number of aromatic nitrogens is 1. The maximum atomic E-state index is 11.9. The van der Waals surface area contributed by atoms with Gasteiger partial charge in [-0.3, -0.25) is 9.78 Å². The molecule has 2 N–H and O–H groups in total. The topological polar surface area (TPSA) is 77.8 Å². The normalized spacial score (nSPS) is 15.7. The van der Waals surface area contributed by atoms with Crippen LogP contribution >= 0.6 is 0 Å². The van der Waals surface area contributed by atoms with Gasteiger partial charge in [0.1, 0.15) is 11.6 Å². The largest absolute Gasteiger partial charge is 0.386 e. The second kappa shape index (κ2) is 7.29. The highest BCUT2D eigenvalue weighted by atomic mass is 16.1. The Morgan fingerprint density at radius 3 is 2.95 bits per heavy atom. The zero-order valence-electron chi connectivity index (χ0n) is 11.3. The zero-order chi connectivity index (χ0) is 14.2. The lowest BCUT2D eigenvalue weighted by Crippen LogP contribution is -2.33. The summed E-state index contributed by atoms with van der Waals surface area (Å²) in [6.45, 7) is 0.537. The van der Waals surface area contributed by atoms with E-state index in [9.17, 15) is 4.79 Å². The summed E-state index contributed by atoms with van der Waals surface area (Å²) in [6.07, 6.45) is 9.23. The van der Waals surface area contributed by atoms with Crippen molar-refractivity contribution in [3.05, 3.63) is 41.9 Å². The van der Waals surface area contributed by atoms with Crippen molar-refractivity contribution in [2.24, 2.45) is 0 Å². The number of hydrogen-bond acceptors (Lipinski definition) is 4. The summed E-state index contributed by atoms with van der Waals surface area (Å²) >= 11 is 0. The summed E-state index contributed by atoms with van der Waals surface area (Å²) in [5, 5.41) is 14.9. The SMILES string of the molecule is N#C/C(=C/NCc1cccnc1)C(=O)NC1CCCC1. The molecule has 1 fully saturated rings. The molecule has 0 spiro atoms. The van der Waals surface area contributed by atoms with Gasteiger partial charge in [0.15, 0.2) is 0 Å². The monoisotopic (exact) mass is 270 g/mol. The van der Waals surface area contributed by atoms with Crippen LogP contribution < -0.4 is 10.6 Å². The minimum atomic E-state index is -0.293. The van der Waals surface area contributed by atoms with Crippen molar-refractivity contribution < 1.29 is 4.79 Å². The van der Waals surface area contributed by atoms with Gasteiger partial charge < -0.3 is 10.6 Å². The molecule has 2 rings (SSSR count). The van der Waals surface area contributed by atoms with Crippen molar-refractivity contribution in [1.29, 1.82) is 5.26 Å². The van der Waals surface area contributed by atoms with E-state index >= 15 is 0 Å². The van der Waals surface area contributed by atoms with Crippen molar-refractivity contribution in [1.82, 2.24) is 15.6 Å². The standard InChI is InChI=1S/C15H18N4O/c16-8-13(15(20)19-14-5-1-2-6-14)11-18-10-12-4-3-7-17-9-12/h3-4,7,9,11,14,18H,1-2,5-6,10H2,(H,19,20)/b13-11-. The smallest absolute Gasteiger partial charge is 0.263 e. The third-order valence-electron chi connectivity index (χ3n) is 3.33. The van der Waals surface area contributed by atoms with Crippen LogP contribution in [0.25, 0.3) is 0 Å². The van der Waals surface area contributed by atoms with Crippen molar-refractivity contribution in [3.8, 4) is 6.07 Å². The van der Waals surface area contributed by atoms with Gasteiger partial charge in [-0.05, 0) is 24.5 Å². The number of nitriles is 1. The molecule has 0 bridgehead atoms. The molecule has 104 valence electrons. The van der Waals surface area contributed by atoms with E-state index in [1.54, 1.807) is 12.4 Å². The quantitative estimate of drug-likeness (QED) is 0.630. The van der Waals surface area contributed by atoms with Crippen molar-refractivity contribution in [3.63, 3.8) is 0 Å². The Bertz CT molecular complexity index is 512. The van der Waals surface area contributed by atoms with E-state index < -0.39 is 0 Å². The Kier molecular flexibility index (Phi) is 5.13. The van der Waals surface area contributed by atoms with Gasteiger partial charge in [-0.25, -0.2) is 0 Å². The average Bonchev–Trinajstić information content (AvgIpc) is 2.97. The maximum Gasteiger partial charge on any atom is 0.263 e. The lowest BCUT2D eigenvalue weighted by molar-refractivity contribution is -0.117. The Labute approximate surface area is 118 Å². The van der Waals surface area contributed by atoms with Crippen LogP contribution in [-0.4, -0.2) is 16.9 Å². The molecule has 0 unspecified atom stereocenters. The van der Waals surface area contributed by atoms with Crippen molar-refractivity contribution in [2.75, 3.05) is 0 Å². The first kappa shape index (κ1) is 14.1. The molecule has 1 aromatic heterocycles. The summed E-state index contributed by atoms with van der Waals surface area (Å²) in [6, 6.07) is 5.93. The Morgan fingerprint density at radius 2 is 2.30 bits per heavy atom. The molecule has 1 saturated carbocycles. The van der Waals surface area contributed by atoms with Gasteiger partial charge in [0.25, 0.3) is 5.91 Å². The fourth-order valence-electron chi connectivity index (χ4n) is 2.26. The fourth-order valence-corrected chi connectivity index (χ4v) is 2.26. The Morgan fingerprint density at radius 1 is 1.50 bits per heavy atom. The van der Waals surface area contributed by atoms with Crippen LogP contribution in [0.15, 0.2) is 36.3 Å². The fraction of sp³-hybridized carbons (Fsp3) is 0.400. The van der Waals surface area contributed by atoms with E-state index in [4.69, 9.17) is 5.26 Å². The van der Waals surface area contributed by atoms with Gasteiger partial charge in [0.2, 0.25) is 0 Å². The van der Waals surface area contributed by atoms with E-state index in [0.717, 1.165) is 31.2 Å². The van der Waals surface area contributed by atoms with Crippen molar-refractivity contribution in [2.45, 2.75) is 38.3 Å². The molecule has 20 heavy (non-hydrogen) atoms. The van der Waals surface area contributed by atoms with Crippen molar-refractivity contribution >= 4 is 5.91 Å². The van der Waals surface area contributed by atoms with Crippen LogP contribution in [0, 0.1) is 11.3 Å². The number of nitrogens with zero attached hydrogens (tertiary/aromatic N) is 2. The molecule has 5 nitrogen and oxygen atoms in total. The molecule has 0 atom stereocenters. The average molecular weight is 270 g/mol. The molecule has 1 aliphatic carbocycles. The van der Waals surface area contributed by atoms with E-state index in [1.807, 2.05) is 18.2 Å². The first-order chi connectivity index (χ1) is 9.79. The summed E-state index contributed by atoms with van der Waals surface area (Å²) in [5.41, 5.74) is 1.11. The van der Waals surface area contributed by atoms with Crippen LogP contribution in [-0.2, 0) is 11.3 Å². The number of rotatable bonds is 5. The van der Waals surface area contributed by atoms with Crippen LogP contribution in [0.3, 0.4) is 0 Å². The molecular weight excluding hydrogens is 252 g/mol. The minimum Gasteiger partial charge on any atom is -0.386 e. The molecule has 0 radical (unpaired) electrons. The van der Waals surface area contributed by atoms with Crippen LogP contribution in [0.2, 0.25) is 0 Å². The highest BCUT2D eigenvalue weighted by Crippen LogP contribution is 2.17. The third kappa shape index (κ3) is 4.09. The molecule has 1 amide bonds. The maximum absolute atomic E-state index is 11.9. The molecule has 5 heteroatoms. The molecular formula is C15H18N4O. The molecule has 1 heterocycles. The van der Waals surface area contributed by atoms with Gasteiger partial charge >= 0.3 is 0 Å². The summed E-state index contributed by atoms with van der Waals surface area (Å²) < 4.78 is 0. The van der Waals surface area contributed by atoms with Gasteiger partial charge in [-0.1, -0.05) is 18.9 Å². The zero-order valence-corrected chi connectivity index (χ0v) is 11.3. The molecule has 1 aliphatic rings. The Balaban J connectivity index is 1.85. The third-order valence-corrected chi connectivity index (χ3v) is 3.33. The van der Waals surface area contributed by atoms with Gasteiger partial charge in [-0.15, -0.1) is 0 Å². The van der Waals surface area contributed by atoms with Gasteiger partial charge in [0, 0.05) is 31.2 Å². The predicted molar refractivity (Wildman–Crippen MR) is 75.2 cm³/mol. The molecule has 0 aromatic carbocycles. The number of hydrogen-bond donors (Lipinski definition) is 2. The first-order valence-electron chi connectivity index (χ1n) is 6.83. The van der Waals surface area contributed by atoms with E-state index in [2.05, 4.69) is 15.6 Å². The number of amides is 1. The van der Waals surface area contributed by atoms with Crippen LogP contribution in [0.4, 0.5) is 0 Å². The summed E-state index contributed by atoms with van der Waals surface area (Å²) in [4.78, 5) is 15.9. The van der Waals surface area contributed by atoms with Crippen LogP contribution in [0.1, 0.15) is 31.2 Å². The van der Waals surface area contributed by atoms with Gasteiger partial charge in [0.05, 0.1) is 0 Å². The predicted octanol–water partition coefficient (Wildman–Crippen LogP) is 1.64. The lowest BCUT2D eigenvalue weighted by Gasteiger charge is -2.11. The second-order valence-electron chi connectivity index (χ2n) is 4.87.